The quantitative estimate of drug-likeness (QED) is 0.734. The zero-order valence-electron chi connectivity index (χ0n) is 13.9. The van der Waals surface area contributed by atoms with E-state index in [4.69, 9.17) is 0 Å². The number of rotatable bonds is 8. The maximum Gasteiger partial charge on any atom is 0.272 e. The van der Waals surface area contributed by atoms with Gasteiger partial charge in [-0.3, -0.25) is 9.59 Å². The minimum atomic E-state index is -0.276. The van der Waals surface area contributed by atoms with E-state index >= 15 is 0 Å². The van der Waals surface area contributed by atoms with Crippen molar-refractivity contribution in [3.8, 4) is 0 Å². The summed E-state index contributed by atoms with van der Waals surface area (Å²) in [6, 6.07) is 7.02. The molecule has 0 atom stereocenters. The van der Waals surface area contributed by atoms with Crippen LogP contribution in [0.2, 0.25) is 0 Å². The zero-order chi connectivity index (χ0) is 16.7. The molecule has 0 radical (unpaired) electrons. The van der Waals surface area contributed by atoms with E-state index in [2.05, 4.69) is 29.4 Å². The van der Waals surface area contributed by atoms with Crippen LogP contribution in [-0.2, 0) is 0 Å². The van der Waals surface area contributed by atoms with Gasteiger partial charge >= 0.3 is 0 Å². The predicted molar refractivity (Wildman–Crippen MR) is 92.6 cm³/mol. The molecular formula is C18H25N3O2. The summed E-state index contributed by atoms with van der Waals surface area (Å²) in [5.41, 5.74) is 0.00214. The van der Waals surface area contributed by atoms with Gasteiger partial charge in [0.25, 0.3) is 11.5 Å². The topological polar surface area (TPSA) is 74.8 Å². The van der Waals surface area contributed by atoms with Gasteiger partial charge in [-0.1, -0.05) is 57.7 Å². The average Bonchev–Trinajstić information content (AvgIpc) is 2.54. The molecule has 1 aromatic carbocycles. The molecule has 5 heteroatoms. The molecule has 5 nitrogen and oxygen atoms in total. The molecule has 1 aromatic heterocycles. The highest BCUT2D eigenvalue weighted by atomic mass is 16.2. The lowest BCUT2D eigenvalue weighted by atomic mass is 10.0. The van der Waals surface area contributed by atoms with E-state index in [1.807, 2.05) is 0 Å². The van der Waals surface area contributed by atoms with Crippen LogP contribution in [0.25, 0.3) is 10.8 Å². The average molecular weight is 315 g/mol. The minimum absolute atomic E-state index is 0.236. The van der Waals surface area contributed by atoms with Crippen LogP contribution in [0, 0.1) is 5.92 Å². The molecule has 124 valence electrons. The lowest BCUT2D eigenvalue weighted by molar-refractivity contribution is 0.0948. The Morgan fingerprint density at radius 3 is 2.57 bits per heavy atom. The maximum absolute atomic E-state index is 12.3. The van der Waals surface area contributed by atoms with E-state index in [0.29, 0.717) is 17.3 Å². The molecule has 2 aromatic rings. The number of aromatic amines is 1. The van der Waals surface area contributed by atoms with E-state index < -0.39 is 0 Å². The molecule has 0 unspecified atom stereocenters. The molecule has 0 saturated carbocycles. The van der Waals surface area contributed by atoms with Gasteiger partial charge in [-0.2, -0.15) is 5.10 Å². The first kappa shape index (κ1) is 17.2. The molecule has 2 rings (SSSR count). The SMILES string of the molecule is CC(C)CCCCCCNC(=O)c1n[nH]c(=O)c2ccccc12. The fourth-order valence-electron chi connectivity index (χ4n) is 2.60. The summed E-state index contributed by atoms with van der Waals surface area (Å²) in [4.78, 5) is 24.0. The Balaban J connectivity index is 1.85. The second-order valence-corrected chi connectivity index (χ2v) is 6.30. The third kappa shape index (κ3) is 4.91. The van der Waals surface area contributed by atoms with Crippen molar-refractivity contribution in [2.75, 3.05) is 6.54 Å². The molecule has 0 fully saturated rings. The van der Waals surface area contributed by atoms with Crippen molar-refractivity contribution in [1.82, 2.24) is 15.5 Å². The number of carbonyl (C=O) groups is 1. The second-order valence-electron chi connectivity index (χ2n) is 6.30. The summed E-state index contributed by atoms with van der Waals surface area (Å²) >= 11 is 0. The molecule has 0 saturated heterocycles. The number of carbonyl (C=O) groups excluding carboxylic acids is 1. The van der Waals surface area contributed by atoms with Gasteiger partial charge in [0, 0.05) is 11.9 Å². The molecule has 1 heterocycles. The Labute approximate surface area is 136 Å². The molecule has 0 bridgehead atoms. The van der Waals surface area contributed by atoms with Crippen molar-refractivity contribution in [2.24, 2.45) is 5.92 Å². The summed E-state index contributed by atoms with van der Waals surface area (Å²) in [7, 11) is 0. The van der Waals surface area contributed by atoms with Gasteiger partial charge in [0.1, 0.15) is 0 Å². The van der Waals surface area contributed by atoms with E-state index in [1.165, 1.54) is 19.3 Å². The molecule has 0 aliphatic carbocycles. The lowest BCUT2D eigenvalue weighted by Gasteiger charge is -2.07. The summed E-state index contributed by atoms with van der Waals surface area (Å²) in [5, 5.41) is 10.3. The Kier molecular flexibility index (Phi) is 6.32. The number of unbranched alkanes of at least 4 members (excludes halogenated alkanes) is 3. The van der Waals surface area contributed by atoms with Crippen LogP contribution in [0.15, 0.2) is 29.1 Å². The monoisotopic (exact) mass is 315 g/mol. The number of amides is 1. The number of hydrogen-bond acceptors (Lipinski definition) is 3. The Bertz CT molecular complexity index is 707. The van der Waals surface area contributed by atoms with Crippen molar-refractivity contribution in [2.45, 2.75) is 46.0 Å². The maximum atomic E-state index is 12.3. The number of nitrogens with one attached hydrogen (secondary N) is 2. The molecular weight excluding hydrogens is 290 g/mol. The Morgan fingerprint density at radius 1 is 1.13 bits per heavy atom. The molecule has 0 aliphatic rings. The van der Waals surface area contributed by atoms with Gasteiger partial charge in [0.05, 0.1) is 5.39 Å². The van der Waals surface area contributed by atoms with Crippen LogP contribution in [0.5, 0.6) is 0 Å². The van der Waals surface area contributed by atoms with Crippen LogP contribution in [0.1, 0.15) is 56.4 Å². The first-order valence-corrected chi connectivity index (χ1v) is 8.35. The number of aromatic nitrogens is 2. The number of benzene rings is 1. The Hall–Kier alpha value is -2.17. The van der Waals surface area contributed by atoms with Crippen LogP contribution in [0.4, 0.5) is 0 Å². The lowest BCUT2D eigenvalue weighted by Crippen LogP contribution is -2.27. The molecule has 0 aliphatic heterocycles. The van der Waals surface area contributed by atoms with Gasteiger partial charge < -0.3 is 5.32 Å². The van der Waals surface area contributed by atoms with Crippen molar-refractivity contribution in [3.05, 3.63) is 40.3 Å². The first-order valence-electron chi connectivity index (χ1n) is 8.35. The normalized spacial score (nSPS) is 11.1. The zero-order valence-corrected chi connectivity index (χ0v) is 13.9. The summed E-state index contributed by atoms with van der Waals surface area (Å²) < 4.78 is 0. The predicted octanol–water partition coefficient (Wildman–Crippen LogP) is 3.26. The highest BCUT2D eigenvalue weighted by Gasteiger charge is 2.13. The number of H-pyrrole nitrogens is 1. The minimum Gasteiger partial charge on any atom is -0.351 e. The second kappa shape index (κ2) is 8.46. The molecule has 2 N–H and O–H groups in total. The standard InChI is InChI=1S/C18H25N3O2/c1-13(2)9-5-3-4-8-12-19-18(23)16-14-10-6-7-11-15(14)17(22)21-20-16/h6-7,10-11,13H,3-5,8-9,12H2,1-2H3,(H,19,23)(H,21,22). The van der Waals surface area contributed by atoms with E-state index in [9.17, 15) is 9.59 Å². The van der Waals surface area contributed by atoms with Crippen LogP contribution < -0.4 is 10.9 Å². The molecule has 23 heavy (non-hydrogen) atoms. The number of nitrogens with zero attached hydrogens (tertiary/aromatic N) is 1. The number of hydrogen-bond donors (Lipinski definition) is 2. The van der Waals surface area contributed by atoms with Crippen molar-refractivity contribution in [3.63, 3.8) is 0 Å². The van der Waals surface area contributed by atoms with Gasteiger partial charge in [-0.15, -0.1) is 0 Å². The summed E-state index contributed by atoms with van der Waals surface area (Å²) in [6.07, 6.45) is 5.79. The van der Waals surface area contributed by atoms with E-state index in [0.717, 1.165) is 18.8 Å². The summed E-state index contributed by atoms with van der Waals surface area (Å²) in [6.45, 7) is 5.11. The van der Waals surface area contributed by atoms with Gasteiger partial charge in [0.15, 0.2) is 5.69 Å². The van der Waals surface area contributed by atoms with Crippen molar-refractivity contribution < 1.29 is 4.79 Å². The van der Waals surface area contributed by atoms with E-state index in [-0.39, 0.29) is 17.2 Å². The fraction of sp³-hybridized carbons (Fsp3) is 0.500. The highest BCUT2D eigenvalue weighted by Crippen LogP contribution is 2.12. The van der Waals surface area contributed by atoms with Crippen molar-refractivity contribution >= 4 is 16.7 Å². The summed E-state index contributed by atoms with van der Waals surface area (Å²) in [5.74, 6) is 0.522. The molecule has 0 spiro atoms. The van der Waals surface area contributed by atoms with Gasteiger partial charge in [-0.25, -0.2) is 5.10 Å². The molecule has 1 amide bonds. The van der Waals surface area contributed by atoms with Crippen LogP contribution in [-0.4, -0.2) is 22.6 Å². The van der Waals surface area contributed by atoms with Crippen LogP contribution >= 0.6 is 0 Å². The third-order valence-corrected chi connectivity index (χ3v) is 3.90. The van der Waals surface area contributed by atoms with Gasteiger partial charge in [0.2, 0.25) is 0 Å². The smallest absolute Gasteiger partial charge is 0.272 e. The third-order valence-electron chi connectivity index (χ3n) is 3.90. The van der Waals surface area contributed by atoms with Gasteiger partial charge in [-0.05, 0) is 18.4 Å². The van der Waals surface area contributed by atoms with E-state index in [1.54, 1.807) is 24.3 Å². The largest absolute Gasteiger partial charge is 0.351 e. The fourth-order valence-corrected chi connectivity index (χ4v) is 2.60. The highest BCUT2D eigenvalue weighted by molar-refractivity contribution is 6.04. The number of fused-ring (bicyclic) bond motifs is 1. The van der Waals surface area contributed by atoms with Crippen molar-refractivity contribution in [1.29, 1.82) is 0 Å². The Morgan fingerprint density at radius 2 is 1.83 bits per heavy atom. The first-order chi connectivity index (χ1) is 11.1. The van der Waals surface area contributed by atoms with Crippen LogP contribution in [0.3, 0.4) is 0 Å².